The smallest absolute Gasteiger partial charge is 0.228 e. The second-order valence-electron chi connectivity index (χ2n) is 8.03. The summed E-state index contributed by atoms with van der Waals surface area (Å²) in [6.07, 6.45) is 1.43. The molecule has 166 valence electrons. The number of nitriles is 1. The van der Waals surface area contributed by atoms with Gasteiger partial charge in [-0.05, 0) is 36.6 Å². The fourth-order valence-electron chi connectivity index (χ4n) is 4.20. The zero-order valence-corrected chi connectivity index (χ0v) is 19.6. The molecule has 0 atom stereocenters. The third-order valence-corrected chi connectivity index (χ3v) is 7.15. The molecule has 5 rings (SSSR count). The third-order valence-electron chi connectivity index (χ3n) is 6.08. The number of hydrogen-bond donors (Lipinski definition) is 2. The minimum absolute atomic E-state index is 0.220. The first kappa shape index (κ1) is 21.9. The van der Waals surface area contributed by atoms with Gasteiger partial charge in [0.2, 0.25) is 5.95 Å². The number of aromatic amines is 1. The first-order chi connectivity index (χ1) is 15.9. The van der Waals surface area contributed by atoms with E-state index in [1.165, 1.54) is 0 Å². The van der Waals surface area contributed by atoms with E-state index in [2.05, 4.69) is 26.2 Å². The molecule has 0 unspecified atom stereocenters. The van der Waals surface area contributed by atoms with Crippen molar-refractivity contribution in [2.75, 3.05) is 18.0 Å². The third kappa shape index (κ3) is 3.90. The number of benzene rings is 2. The van der Waals surface area contributed by atoms with Crippen molar-refractivity contribution in [3.05, 3.63) is 68.8 Å². The molecule has 0 amide bonds. The molecule has 1 aliphatic rings. The molecule has 10 heteroatoms. The number of halogens is 3. The Morgan fingerprint density at radius 2 is 1.76 bits per heavy atom. The summed E-state index contributed by atoms with van der Waals surface area (Å²) in [5, 5.41) is 19.1. The van der Waals surface area contributed by atoms with Crippen LogP contribution >= 0.6 is 34.8 Å². The van der Waals surface area contributed by atoms with E-state index < -0.39 is 5.54 Å². The van der Waals surface area contributed by atoms with Crippen LogP contribution in [0.2, 0.25) is 15.1 Å². The highest BCUT2D eigenvalue weighted by Crippen LogP contribution is 2.37. The molecule has 4 aromatic rings. The summed E-state index contributed by atoms with van der Waals surface area (Å²) in [4.78, 5) is 11.2. The lowest BCUT2D eigenvalue weighted by Gasteiger charge is -2.39. The van der Waals surface area contributed by atoms with Crippen LogP contribution in [0.15, 0.2) is 42.5 Å². The molecule has 0 bridgehead atoms. The molecule has 3 heterocycles. The van der Waals surface area contributed by atoms with Gasteiger partial charge < -0.3 is 10.6 Å². The molecular formula is C23H18Cl3N7. The van der Waals surface area contributed by atoms with Gasteiger partial charge in [-0.3, -0.25) is 5.10 Å². The molecule has 2 aromatic heterocycles. The minimum atomic E-state index is -0.451. The second kappa shape index (κ2) is 8.47. The predicted molar refractivity (Wildman–Crippen MR) is 131 cm³/mol. The summed E-state index contributed by atoms with van der Waals surface area (Å²) >= 11 is 18.6. The van der Waals surface area contributed by atoms with Crippen LogP contribution in [0, 0.1) is 11.3 Å². The molecule has 33 heavy (non-hydrogen) atoms. The van der Waals surface area contributed by atoms with E-state index in [-0.39, 0.29) is 5.69 Å². The average molecular weight is 499 g/mol. The fraction of sp³-hybridized carbons (Fsp3) is 0.217. The molecular weight excluding hydrogens is 481 g/mol. The van der Waals surface area contributed by atoms with Crippen molar-refractivity contribution in [3.63, 3.8) is 0 Å². The Morgan fingerprint density at radius 3 is 2.45 bits per heavy atom. The fourth-order valence-corrected chi connectivity index (χ4v) is 4.72. The summed E-state index contributed by atoms with van der Waals surface area (Å²) < 4.78 is 0. The number of fused-ring (bicyclic) bond motifs is 1. The molecule has 0 spiro atoms. The number of anilines is 1. The summed E-state index contributed by atoms with van der Waals surface area (Å²) in [5.74, 6) is 0.463. The number of piperidine rings is 1. The van der Waals surface area contributed by atoms with Crippen LogP contribution in [-0.4, -0.2) is 33.3 Å². The number of nitrogens with one attached hydrogen (secondary N) is 1. The van der Waals surface area contributed by atoms with E-state index in [1.54, 1.807) is 18.2 Å². The zero-order chi connectivity index (χ0) is 23.2. The highest BCUT2D eigenvalue weighted by molar-refractivity contribution is 6.43. The van der Waals surface area contributed by atoms with Gasteiger partial charge in [0.05, 0.1) is 15.4 Å². The molecule has 1 fully saturated rings. The van der Waals surface area contributed by atoms with Gasteiger partial charge in [0.25, 0.3) is 0 Å². The van der Waals surface area contributed by atoms with Crippen LogP contribution in [0.4, 0.5) is 5.95 Å². The van der Waals surface area contributed by atoms with Gasteiger partial charge in [-0.15, -0.1) is 0 Å². The average Bonchev–Trinajstić information content (AvgIpc) is 3.25. The molecule has 7 nitrogen and oxygen atoms in total. The first-order valence-corrected chi connectivity index (χ1v) is 11.4. The topological polar surface area (TPSA) is 108 Å². The van der Waals surface area contributed by atoms with E-state index in [4.69, 9.17) is 40.5 Å². The van der Waals surface area contributed by atoms with Crippen molar-refractivity contribution in [1.82, 2.24) is 20.2 Å². The van der Waals surface area contributed by atoms with Crippen molar-refractivity contribution in [2.24, 2.45) is 5.73 Å². The van der Waals surface area contributed by atoms with E-state index >= 15 is 0 Å². The first-order valence-electron chi connectivity index (χ1n) is 10.3. The molecule has 2 aromatic carbocycles. The maximum atomic E-state index is 9.84. The Hall–Kier alpha value is -2.89. The Kier molecular flexibility index (Phi) is 5.63. The zero-order valence-electron chi connectivity index (χ0n) is 17.3. The lowest BCUT2D eigenvalue weighted by Crippen LogP contribution is -2.48. The number of nitrogens with two attached hydrogens (primary N) is 1. The number of nitrogens with zero attached hydrogens (tertiary/aromatic N) is 5. The number of H-pyrrole nitrogens is 1. The van der Waals surface area contributed by atoms with Crippen LogP contribution in [0.1, 0.15) is 24.1 Å². The Balaban J connectivity index is 1.47. The summed E-state index contributed by atoms with van der Waals surface area (Å²) in [7, 11) is 0. The van der Waals surface area contributed by atoms with Gasteiger partial charge in [-0.1, -0.05) is 59.1 Å². The van der Waals surface area contributed by atoms with Crippen molar-refractivity contribution >= 4 is 51.8 Å². The van der Waals surface area contributed by atoms with Crippen molar-refractivity contribution in [1.29, 1.82) is 5.26 Å². The Morgan fingerprint density at radius 1 is 1.03 bits per heavy atom. The number of hydrogen-bond acceptors (Lipinski definition) is 6. The van der Waals surface area contributed by atoms with Gasteiger partial charge in [-0.25, -0.2) is 4.98 Å². The minimum Gasteiger partial charge on any atom is -0.341 e. The van der Waals surface area contributed by atoms with E-state index in [9.17, 15) is 5.26 Å². The van der Waals surface area contributed by atoms with E-state index in [0.29, 0.717) is 69.2 Å². The summed E-state index contributed by atoms with van der Waals surface area (Å²) in [5.41, 5.74) is 9.09. The molecule has 1 saturated heterocycles. The van der Waals surface area contributed by atoms with Gasteiger partial charge >= 0.3 is 0 Å². The van der Waals surface area contributed by atoms with Gasteiger partial charge in [-0.2, -0.15) is 15.3 Å². The maximum Gasteiger partial charge on any atom is 0.228 e. The van der Waals surface area contributed by atoms with Crippen molar-refractivity contribution in [3.8, 4) is 17.3 Å². The molecule has 1 aliphatic heterocycles. The largest absolute Gasteiger partial charge is 0.341 e. The lowest BCUT2D eigenvalue weighted by molar-refractivity contribution is 0.340. The van der Waals surface area contributed by atoms with Crippen LogP contribution in [0.25, 0.3) is 22.3 Å². The van der Waals surface area contributed by atoms with E-state index in [0.717, 1.165) is 5.56 Å². The molecule has 0 radical (unpaired) electrons. The summed E-state index contributed by atoms with van der Waals surface area (Å²) in [6.45, 7) is 1.30. The van der Waals surface area contributed by atoms with Gasteiger partial charge in [0.1, 0.15) is 11.8 Å². The van der Waals surface area contributed by atoms with Crippen LogP contribution in [0.3, 0.4) is 0 Å². The highest BCUT2D eigenvalue weighted by atomic mass is 35.5. The van der Waals surface area contributed by atoms with Crippen molar-refractivity contribution < 1.29 is 0 Å². The second-order valence-corrected chi connectivity index (χ2v) is 9.25. The summed E-state index contributed by atoms with van der Waals surface area (Å²) in [6, 6.07) is 15.1. The monoisotopic (exact) mass is 497 g/mol. The highest BCUT2D eigenvalue weighted by Gasteiger charge is 2.33. The normalized spacial score (nSPS) is 15.5. The number of aromatic nitrogens is 4. The number of rotatable bonds is 3. The van der Waals surface area contributed by atoms with Crippen LogP contribution in [-0.2, 0) is 5.54 Å². The Bertz CT molecular complexity index is 1380. The SMILES string of the molecule is N#Cc1nc(N2CCC(N)(c3ccc(Cl)cc3)CC2)nc2[nH]nc(-c3cccc(Cl)c3Cl)c12. The predicted octanol–water partition coefficient (Wildman–Crippen LogP) is 5.31. The standard InChI is InChI=1S/C23H18Cl3N7/c24-14-6-4-13(5-7-14)23(28)8-10-33(11-9-23)22-29-17(12-27)18-20(31-32-21(18)30-22)15-2-1-3-16(25)19(15)26/h1-7H,8-11,28H2,(H,29,30,31,32). The molecule has 0 aliphatic carbocycles. The quantitative estimate of drug-likeness (QED) is 0.396. The van der Waals surface area contributed by atoms with Crippen molar-refractivity contribution in [2.45, 2.75) is 18.4 Å². The Labute approximate surface area is 205 Å². The van der Waals surface area contributed by atoms with Gasteiger partial charge in [0.15, 0.2) is 11.3 Å². The van der Waals surface area contributed by atoms with Crippen LogP contribution < -0.4 is 10.6 Å². The molecule has 3 N–H and O–H groups in total. The van der Waals surface area contributed by atoms with E-state index in [1.807, 2.05) is 29.2 Å². The lowest BCUT2D eigenvalue weighted by atomic mass is 9.82. The van der Waals surface area contributed by atoms with Gasteiger partial charge in [0, 0.05) is 29.2 Å². The van der Waals surface area contributed by atoms with Crippen LogP contribution in [0.5, 0.6) is 0 Å². The maximum absolute atomic E-state index is 9.84. The molecule has 0 saturated carbocycles.